The Labute approximate surface area is 90.6 Å². The third-order valence-electron chi connectivity index (χ3n) is 1.80. The third-order valence-corrected chi connectivity index (χ3v) is 2.20. The number of alkyl halides is 1. The molecule has 1 aromatic carbocycles. The molecule has 0 fully saturated rings. The van der Waals surface area contributed by atoms with Crippen molar-refractivity contribution >= 4 is 21.8 Å². The van der Waals surface area contributed by atoms with Gasteiger partial charge in [-0.05, 0) is 30.7 Å². The van der Waals surface area contributed by atoms with Crippen LogP contribution >= 0.6 is 15.9 Å². The van der Waals surface area contributed by atoms with E-state index in [1.54, 1.807) is 13.0 Å². The van der Waals surface area contributed by atoms with Gasteiger partial charge in [0.15, 0.2) is 0 Å². The second-order valence-electron chi connectivity index (χ2n) is 2.91. The van der Waals surface area contributed by atoms with Crippen molar-refractivity contribution in [3.8, 4) is 0 Å². The van der Waals surface area contributed by atoms with Crippen LogP contribution in [-0.4, -0.2) is 17.8 Å². The Morgan fingerprint density at radius 2 is 2.29 bits per heavy atom. The predicted octanol–water partition coefficient (Wildman–Crippen LogP) is 2.26. The first-order valence-corrected chi connectivity index (χ1v) is 5.37. The van der Waals surface area contributed by atoms with Crippen molar-refractivity contribution < 1.29 is 9.18 Å². The van der Waals surface area contributed by atoms with Crippen molar-refractivity contribution in [1.82, 2.24) is 5.32 Å². The predicted molar refractivity (Wildman–Crippen MR) is 57.3 cm³/mol. The maximum absolute atomic E-state index is 12.9. The number of hydrogen-bond donors (Lipinski definition) is 1. The molecule has 0 unspecified atom stereocenters. The Kier molecular flexibility index (Phi) is 4.07. The summed E-state index contributed by atoms with van der Waals surface area (Å²) in [4.78, 5) is 11.4. The highest BCUT2D eigenvalue weighted by molar-refractivity contribution is 9.09. The Balaban J connectivity index is 2.76. The fourth-order valence-corrected chi connectivity index (χ4v) is 1.25. The highest BCUT2D eigenvalue weighted by atomic mass is 79.9. The van der Waals surface area contributed by atoms with Crippen LogP contribution in [0.15, 0.2) is 18.2 Å². The number of rotatable bonds is 3. The van der Waals surface area contributed by atoms with Crippen molar-refractivity contribution in [2.45, 2.75) is 6.92 Å². The summed E-state index contributed by atoms with van der Waals surface area (Å²) < 4.78 is 12.9. The second-order valence-corrected chi connectivity index (χ2v) is 3.70. The molecule has 76 valence electrons. The average Bonchev–Trinajstić information content (AvgIpc) is 2.18. The molecular formula is C10H11BrFNO. The Morgan fingerprint density at radius 1 is 1.57 bits per heavy atom. The second kappa shape index (κ2) is 5.10. The Hall–Kier alpha value is -0.900. The number of nitrogens with one attached hydrogen (secondary N) is 1. The summed E-state index contributed by atoms with van der Waals surface area (Å²) >= 11 is 3.20. The fraction of sp³-hybridized carbons (Fsp3) is 0.300. The first kappa shape index (κ1) is 11.2. The SMILES string of the molecule is Cc1cc(C(=O)NCCBr)ccc1F. The van der Waals surface area contributed by atoms with E-state index in [9.17, 15) is 9.18 Å². The van der Waals surface area contributed by atoms with Gasteiger partial charge in [0.05, 0.1) is 0 Å². The zero-order valence-electron chi connectivity index (χ0n) is 7.81. The molecule has 0 atom stereocenters. The number of hydrogen-bond acceptors (Lipinski definition) is 1. The molecule has 2 nitrogen and oxygen atoms in total. The minimum absolute atomic E-state index is 0.174. The third kappa shape index (κ3) is 2.80. The van der Waals surface area contributed by atoms with E-state index < -0.39 is 0 Å². The van der Waals surface area contributed by atoms with Crippen LogP contribution in [0, 0.1) is 12.7 Å². The van der Waals surface area contributed by atoms with Crippen molar-refractivity contribution in [2.24, 2.45) is 0 Å². The molecule has 1 aromatic rings. The maximum atomic E-state index is 12.9. The van der Waals surface area contributed by atoms with Gasteiger partial charge in [0, 0.05) is 17.4 Å². The lowest BCUT2D eigenvalue weighted by molar-refractivity contribution is 0.0956. The van der Waals surface area contributed by atoms with Gasteiger partial charge in [-0.1, -0.05) is 15.9 Å². The quantitative estimate of drug-likeness (QED) is 0.830. The van der Waals surface area contributed by atoms with Crippen molar-refractivity contribution in [3.63, 3.8) is 0 Å². The molecule has 0 saturated heterocycles. The lowest BCUT2D eigenvalue weighted by Gasteiger charge is -2.04. The molecule has 0 heterocycles. The van der Waals surface area contributed by atoms with E-state index in [2.05, 4.69) is 21.2 Å². The van der Waals surface area contributed by atoms with Crippen LogP contribution in [0.2, 0.25) is 0 Å². The zero-order valence-corrected chi connectivity index (χ0v) is 9.40. The zero-order chi connectivity index (χ0) is 10.6. The lowest BCUT2D eigenvalue weighted by atomic mass is 10.1. The van der Waals surface area contributed by atoms with E-state index >= 15 is 0 Å². The summed E-state index contributed by atoms with van der Waals surface area (Å²) in [5, 5.41) is 3.39. The molecule has 1 rings (SSSR count). The van der Waals surface area contributed by atoms with Crippen LogP contribution in [0.25, 0.3) is 0 Å². The highest BCUT2D eigenvalue weighted by Gasteiger charge is 2.06. The molecule has 14 heavy (non-hydrogen) atoms. The molecule has 1 N–H and O–H groups in total. The largest absolute Gasteiger partial charge is 0.351 e. The van der Waals surface area contributed by atoms with Gasteiger partial charge < -0.3 is 5.32 Å². The number of halogens is 2. The van der Waals surface area contributed by atoms with Crippen LogP contribution in [-0.2, 0) is 0 Å². The number of carbonyl (C=O) groups excluding carboxylic acids is 1. The van der Waals surface area contributed by atoms with Crippen molar-refractivity contribution in [1.29, 1.82) is 0 Å². The molecule has 0 radical (unpaired) electrons. The normalized spacial score (nSPS) is 9.93. The van der Waals surface area contributed by atoms with E-state index in [-0.39, 0.29) is 11.7 Å². The Morgan fingerprint density at radius 3 is 2.86 bits per heavy atom. The summed E-state index contributed by atoms with van der Waals surface area (Å²) in [6.07, 6.45) is 0. The Bertz CT molecular complexity index is 341. The fourth-order valence-electron chi connectivity index (χ4n) is 1.05. The topological polar surface area (TPSA) is 29.1 Å². The van der Waals surface area contributed by atoms with Crippen LogP contribution in [0.3, 0.4) is 0 Å². The van der Waals surface area contributed by atoms with Gasteiger partial charge in [0.25, 0.3) is 5.91 Å². The summed E-state index contributed by atoms with van der Waals surface area (Å²) in [5.41, 5.74) is 0.973. The van der Waals surface area contributed by atoms with Gasteiger partial charge in [0.1, 0.15) is 5.82 Å². The van der Waals surface area contributed by atoms with Crippen LogP contribution in [0.5, 0.6) is 0 Å². The van der Waals surface area contributed by atoms with Gasteiger partial charge in [-0.25, -0.2) is 4.39 Å². The van der Waals surface area contributed by atoms with Crippen molar-refractivity contribution in [2.75, 3.05) is 11.9 Å². The lowest BCUT2D eigenvalue weighted by Crippen LogP contribution is -2.25. The molecule has 4 heteroatoms. The van der Waals surface area contributed by atoms with Crippen molar-refractivity contribution in [3.05, 3.63) is 35.1 Å². The van der Waals surface area contributed by atoms with Gasteiger partial charge in [-0.15, -0.1) is 0 Å². The first-order chi connectivity index (χ1) is 6.65. The standard InChI is InChI=1S/C10H11BrFNO/c1-7-6-8(2-3-9(7)12)10(14)13-5-4-11/h2-3,6H,4-5H2,1H3,(H,13,14). The maximum Gasteiger partial charge on any atom is 0.251 e. The molecule has 0 aliphatic heterocycles. The number of amides is 1. The van der Waals surface area contributed by atoms with E-state index in [1.807, 2.05) is 0 Å². The van der Waals surface area contributed by atoms with E-state index in [1.165, 1.54) is 12.1 Å². The molecule has 1 amide bonds. The number of benzene rings is 1. The minimum Gasteiger partial charge on any atom is -0.351 e. The van der Waals surface area contributed by atoms with E-state index in [0.29, 0.717) is 23.0 Å². The molecule has 0 aromatic heterocycles. The summed E-state index contributed by atoms with van der Waals surface area (Å²) in [5.74, 6) is -0.463. The smallest absolute Gasteiger partial charge is 0.251 e. The van der Waals surface area contributed by atoms with Crippen LogP contribution < -0.4 is 5.32 Å². The summed E-state index contributed by atoms with van der Waals surface area (Å²) in [6, 6.07) is 4.32. The minimum atomic E-state index is -0.290. The summed E-state index contributed by atoms with van der Waals surface area (Å²) in [7, 11) is 0. The summed E-state index contributed by atoms with van der Waals surface area (Å²) in [6.45, 7) is 2.20. The number of aryl methyl sites for hydroxylation is 1. The van der Waals surface area contributed by atoms with Gasteiger partial charge in [0.2, 0.25) is 0 Å². The molecule has 0 aliphatic carbocycles. The van der Waals surface area contributed by atoms with Gasteiger partial charge in [-0.2, -0.15) is 0 Å². The highest BCUT2D eigenvalue weighted by Crippen LogP contribution is 2.08. The number of carbonyl (C=O) groups is 1. The molecule has 0 bridgehead atoms. The molecule has 0 saturated carbocycles. The van der Waals surface area contributed by atoms with Crippen LogP contribution in [0.1, 0.15) is 15.9 Å². The van der Waals surface area contributed by atoms with E-state index in [0.717, 1.165) is 0 Å². The van der Waals surface area contributed by atoms with Gasteiger partial charge in [-0.3, -0.25) is 4.79 Å². The monoisotopic (exact) mass is 259 g/mol. The molecular weight excluding hydrogens is 249 g/mol. The molecule has 0 aliphatic rings. The van der Waals surface area contributed by atoms with E-state index in [4.69, 9.17) is 0 Å². The average molecular weight is 260 g/mol. The first-order valence-electron chi connectivity index (χ1n) is 4.25. The molecule has 0 spiro atoms. The van der Waals surface area contributed by atoms with Crippen LogP contribution in [0.4, 0.5) is 4.39 Å². The van der Waals surface area contributed by atoms with Gasteiger partial charge >= 0.3 is 0 Å².